The van der Waals surface area contributed by atoms with Gasteiger partial charge in [-0.1, -0.05) is 42.5 Å². The molecule has 0 aromatic heterocycles. The highest BCUT2D eigenvalue weighted by molar-refractivity contribution is 5.98. The van der Waals surface area contributed by atoms with Gasteiger partial charge in [-0.15, -0.1) is 0 Å². The fourth-order valence-electron chi connectivity index (χ4n) is 4.36. The topological polar surface area (TPSA) is 59.1 Å². The zero-order chi connectivity index (χ0) is 20.4. The average Bonchev–Trinajstić information content (AvgIpc) is 2.97. The second-order valence-electron chi connectivity index (χ2n) is 7.58. The summed E-state index contributed by atoms with van der Waals surface area (Å²) < 4.78 is 10.9. The van der Waals surface area contributed by atoms with E-state index >= 15 is 0 Å². The number of ether oxygens (including phenoxy) is 2. The van der Waals surface area contributed by atoms with Crippen LogP contribution >= 0.6 is 0 Å². The summed E-state index contributed by atoms with van der Waals surface area (Å²) in [4.78, 5) is 30.3. The number of rotatable bonds is 6. The number of hydrogen-bond donors (Lipinski definition) is 0. The summed E-state index contributed by atoms with van der Waals surface area (Å²) in [6.45, 7) is 0.828. The molecule has 0 aliphatic carbocycles. The van der Waals surface area contributed by atoms with Crippen LogP contribution in [0.25, 0.3) is 0 Å². The van der Waals surface area contributed by atoms with Gasteiger partial charge in [0.15, 0.2) is 0 Å². The maximum atomic E-state index is 13.5. The monoisotopic (exact) mass is 394 g/mol. The van der Waals surface area contributed by atoms with Gasteiger partial charge in [-0.3, -0.25) is 9.59 Å². The number of fused-ring (bicyclic) bond motifs is 4. The molecule has 5 rings (SSSR count). The number of nitrogens with zero attached hydrogens (tertiary/aromatic N) is 2. The molecule has 6 heteroatoms. The molecule has 152 valence electrons. The lowest BCUT2D eigenvalue weighted by molar-refractivity contribution is -0.165. The van der Waals surface area contributed by atoms with Gasteiger partial charge in [0.05, 0.1) is 13.2 Å². The van der Waals surface area contributed by atoms with Gasteiger partial charge in [0.1, 0.15) is 17.8 Å². The van der Waals surface area contributed by atoms with Crippen LogP contribution in [0.4, 0.5) is 0 Å². The van der Waals surface area contributed by atoms with Crippen LogP contribution in [0.15, 0.2) is 54.6 Å². The number of hydrogen-bond acceptors (Lipinski definition) is 4. The summed E-state index contributed by atoms with van der Waals surface area (Å²) in [5.41, 5.74) is 1.99. The third-order valence-corrected chi connectivity index (χ3v) is 5.90. The van der Waals surface area contributed by atoms with E-state index in [1.165, 1.54) is 0 Å². The normalized spacial score (nSPS) is 24.0. The Morgan fingerprint density at radius 3 is 2.14 bits per heavy atom. The second-order valence-corrected chi connectivity index (χ2v) is 7.58. The summed E-state index contributed by atoms with van der Waals surface area (Å²) in [5.74, 6) is 0.731. The minimum absolute atomic E-state index is 0.000833. The van der Waals surface area contributed by atoms with Crippen molar-refractivity contribution in [3.05, 3.63) is 65.7 Å². The molecule has 0 unspecified atom stereocenters. The first-order valence-electron chi connectivity index (χ1n) is 9.93. The van der Waals surface area contributed by atoms with Gasteiger partial charge in [0.25, 0.3) is 0 Å². The summed E-state index contributed by atoms with van der Waals surface area (Å²) in [7, 11) is 3.24. The fraction of sp³-hybridized carbons (Fsp3) is 0.391. The molecule has 2 aromatic carbocycles. The first-order chi connectivity index (χ1) is 14.1. The van der Waals surface area contributed by atoms with Crippen LogP contribution in [0, 0.1) is 0 Å². The van der Waals surface area contributed by atoms with Crippen molar-refractivity contribution in [3.63, 3.8) is 0 Å². The smallest absolute Gasteiger partial charge is 0.249 e. The third kappa shape index (κ3) is 3.72. The third-order valence-electron chi connectivity index (χ3n) is 5.90. The fourth-order valence-corrected chi connectivity index (χ4v) is 4.36. The lowest BCUT2D eigenvalue weighted by atomic mass is 10.0. The quantitative estimate of drug-likeness (QED) is 0.756. The molecular weight excluding hydrogens is 368 g/mol. The predicted molar refractivity (Wildman–Crippen MR) is 108 cm³/mol. The van der Waals surface area contributed by atoms with Crippen LogP contribution in [-0.4, -0.2) is 54.0 Å². The molecule has 0 spiro atoms. The van der Waals surface area contributed by atoms with Crippen molar-refractivity contribution < 1.29 is 19.1 Å². The average molecular weight is 394 g/mol. The molecular formula is C23H26N2O4. The molecule has 3 fully saturated rings. The molecule has 3 atom stereocenters. The highest BCUT2D eigenvalue weighted by Crippen LogP contribution is 2.33. The number of benzene rings is 2. The van der Waals surface area contributed by atoms with Crippen LogP contribution in [-0.2, 0) is 27.4 Å². The number of amides is 2. The second kappa shape index (κ2) is 8.25. The zero-order valence-electron chi connectivity index (χ0n) is 16.8. The lowest BCUT2D eigenvalue weighted by Gasteiger charge is -2.44. The first-order valence-corrected chi connectivity index (χ1v) is 9.93. The number of piperazine rings is 1. The Morgan fingerprint density at radius 1 is 0.828 bits per heavy atom. The van der Waals surface area contributed by atoms with Gasteiger partial charge >= 0.3 is 0 Å². The Morgan fingerprint density at radius 2 is 1.48 bits per heavy atom. The van der Waals surface area contributed by atoms with E-state index in [-0.39, 0.29) is 17.9 Å². The molecule has 6 nitrogen and oxygen atoms in total. The van der Waals surface area contributed by atoms with Crippen LogP contribution in [0.1, 0.15) is 24.0 Å². The molecule has 2 bridgehead atoms. The van der Waals surface area contributed by atoms with Crippen LogP contribution in [0.2, 0.25) is 0 Å². The van der Waals surface area contributed by atoms with Gasteiger partial charge in [-0.25, -0.2) is 0 Å². The van der Waals surface area contributed by atoms with Crippen molar-refractivity contribution in [2.45, 2.75) is 44.1 Å². The SMILES string of the molecule is COc1ccc(CN2C(=O)[C@H]3CC[C@H](OC)[C@@H]2C(=O)N3Cc2ccccc2)cc1. The lowest BCUT2D eigenvalue weighted by Crippen LogP contribution is -2.64. The molecule has 2 amide bonds. The van der Waals surface area contributed by atoms with Crippen LogP contribution < -0.4 is 4.74 Å². The van der Waals surface area contributed by atoms with E-state index in [9.17, 15) is 9.59 Å². The van der Waals surface area contributed by atoms with Crippen molar-refractivity contribution >= 4 is 11.8 Å². The molecule has 3 heterocycles. The first kappa shape index (κ1) is 19.5. The Hall–Kier alpha value is -2.86. The molecule has 29 heavy (non-hydrogen) atoms. The van der Waals surface area contributed by atoms with Crippen molar-refractivity contribution in [2.75, 3.05) is 14.2 Å². The highest BCUT2D eigenvalue weighted by atomic mass is 16.5. The standard InChI is InChI=1S/C23H26N2O4/c1-28-18-10-8-17(9-11-18)15-25-21-20(29-2)13-12-19(22(25)26)24(23(21)27)14-16-6-4-3-5-7-16/h3-11,19-21H,12-15H2,1-2H3/t19-,20+,21-/m1/s1. The molecule has 2 aromatic rings. The molecule has 3 aliphatic heterocycles. The van der Waals surface area contributed by atoms with E-state index in [2.05, 4.69) is 0 Å². The maximum Gasteiger partial charge on any atom is 0.249 e. The van der Waals surface area contributed by atoms with Crippen molar-refractivity contribution in [2.24, 2.45) is 0 Å². The predicted octanol–water partition coefficient (Wildman–Crippen LogP) is 2.61. The Labute approximate surface area is 171 Å². The summed E-state index contributed by atoms with van der Waals surface area (Å²) in [5, 5.41) is 0. The van der Waals surface area contributed by atoms with Crippen LogP contribution in [0.3, 0.4) is 0 Å². The van der Waals surface area contributed by atoms with Gasteiger partial charge in [0, 0.05) is 20.2 Å². The molecule has 0 N–H and O–H groups in total. The van der Waals surface area contributed by atoms with Gasteiger partial charge in [0.2, 0.25) is 11.8 Å². The van der Waals surface area contributed by atoms with E-state index in [1.54, 1.807) is 24.0 Å². The molecule has 0 radical (unpaired) electrons. The minimum Gasteiger partial charge on any atom is -0.497 e. The number of carbonyl (C=O) groups is 2. The van der Waals surface area contributed by atoms with Gasteiger partial charge in [-0.05, 0) is 36.1 Å². The minimum atomic E-state index is -0.600. The van der Waals surface area contributed by atoms with Crippen molar-refractivity contribution in [1.29, 1.82) is 0 Å². The number of methoxy groups -OCH3 is 2. The Balaban J connectivity index is 1.62. The zero-order valence-corrected chi connectivity index (χ0v) is 16.8. The van der Waals surface area contributed by atoms with E-state index in [0.29, 0.717) is 25.9 Å². The summed E-state index contributed by atoms with van der Waals surface area (Å²) in [6, 6.07) is 16.4. The Kier molecular flexibility index (Phi) is 5.53. The van der Waals surface area contributed by atoms with Crippen molar-refractivity contribution in [1.82, 2.24) is 9.80 Å². The summed E-state index contributed by atoms with van der Waals surface area (Å²) >= 11 is 0. The van der Waals surface area contributed by atoms with Gasteiger partial charge in [-0.2, -0.15) is 0 Å². The van der Waals surface area contributed by atoms with Gasteiger partial charge < -0.3 is 19.3 Å². The van der Waals surface area contributed by atoms with E-state index < -0.39 is 12.1 Å². The van der Waals surface area contributed by atoms with Crippen molar-refractivity contribution in [3.8, 4) is 5.75 Å². The maximum absolute atomic E-state index is 13.5. The molecule has 3 aliphatic rings. The van der Waals surface area contributed by atoms with E-state index in [1.807, 2.05) is 54.6 Å². The van der Waals surface area contributed by atoms with E-state index in [4.69, 9.17) is 9.47 Å². The Bertz CT molecular complexity index is 868. The number of carbonyl (C=O) groups excluding carboxylic acids is 2. The highest BCUT2D eigenvalue weighted by Gasteiger charge is 2.51. The largest absolute Gasteiger partial charge is 0.497 e. The summed E-state index contributed by atoms with van der Waals surface area (Å²) in [6.07, 6.45) is 1.01. The van der Waals surface area contributed by atoms with Crippen LogP contribution in [0.5, 0.6) is 5.75 Å². The molecule has 0 saturated carbocycles. The molecule has 3 saturated heterocycles. The van der Waals surface area contributed by atoms with E-state index in [0.717, 1.165) is 16.9 Å².